The van der Waals surface area contributed by atoms with Crippen molar-refractivity contribution >= 4 is 5.96 Å². The van der Waals surface area contributed by atoms with E-state index in [1.54, 1.807) is 0 Å². The van der Waals surface area contributed by atoms with Crippen LogP contribution in [0.2, 0.25) is 0 Å². The van der Waals surface area contributed by atoms with Gasteiger partial charge in [-0.15, -0.1) is 0 Å². The number of guanidine groups is 1. The van der Waals surface area contributed by atoms with Crippen molar-refractivity contribution in [2.75, 3.05) is 53.4 Å². The van der Waals surface area contributed by atoms with Gasteiger partial charge in [0.15, 0.2) is 5.96 Å². The molecule has 1 fully saturated rings. The molecule has 0 aromatic heterocycles. The zero-order valence-corrected chi connectivity index (χ0v) is 18.5. The van der Waals surface area contributed by atoms with E-state index in [1.165, 1.54) is 5.56 Å². The van der Waals surface area contributed by atoms with E-state index in [1.807, 2.05) is 12.1 Å². The summed E-state index contributed by atoms with van der Waals surface area (Å²) in [6.07, 6.45) is -0.604. The smallest absolute Gasteiger partial charge is 0.191 e. The Morgan fingerprint density at radius 1 is 1.18 bits per heavy atom. The van der Waals surface area contributed by atoms with Gasteiger partial charge in [-0.05, 0) is 37.6 Å². The van der Waals surface area contributed by atoms with Gasteiger partial charge in [-0.1, -0.05) is 45.0 Å². The maximum Gasteiger partial charge on any atom is 0.191 e. The van der Waals surface area contributed by atoms with Crippen molar-refractivity contribution in [3.63, 3.8) is 0 Å². The number of benzene rings is 1. The van der Waals surface area contributed by atoms with Gasteiger partial charge in [0, 0.05) is 38.8 Å². The molecule has 1 aliphatic rings. The Morgan fingerprint density at radius 3 is 2.46 bits per heavy atom. The van der Waals surface area contributed by atoms with Crippen LogP contribution < -0.4 is 10.6 Å². The molecule has 6 nitrogen and oxygen atoms in total. The van der Waals surface area contributed by atoms with Crippen LogP contribution in [-0.4, -0.2) is 80.3 Å². The Kier molecular flexibility index (Phi) is 8.28. The van der Waals surface area contributed by atoms with Crippen LogP contribution in [0.3, 0.4) is 0 Å². The van der Waals surface area contributed by atoms with Crippen molar-refractivity contribution in [1.82, 2.24) is 20.4 Å². The Labute approximate surface area is 171 Å². The topological polar surface area (TPSA) is 63.1 Å². The van der Waals surface area contributed by atoms with Gasteiger partial charge in [-0.2, -0.15) is 0 Å². The van der Waals surface area contributed by atoms with Crippen LogP contribution in [0.1, 0.15) is 44.9 Å². The summed E-state index contributed by atoms with van der Waals surface area (Å²) in [7, 11) is 4.34. The molecule has 0 bridgehead atoms. The molecule has 1 aromatic carbocycles. The minimum absolute atomic E-state index is 0.115. The fraction of sp³-hybridized carbons (Fsp3) is 0.682. The molecule has 0 saturated carbocycles. The van der Waals surface area contributed by atoms with Gasteiger partial charge in [0.05, 0.1) is 12.6 Å². The lowest BCUT2D eigenvalue weighted by Crippen LogP contribution is -2.55. The first-order valence-electron chi connectivity index (χ1n) is 10.4. The molecule has 1 saturated heterocycles. The zero-order valence-electron chi connectivity index (χ0n) is 18.5. The highest BCUT2D eigenvalue weighted by Gasteiger charge is 2.22. The van der Waals surface area contributed by atoms with Crippen LogP contribution in [-0.2, 0) is 5.41 Å². The minimum Gasteiger partial charge on any atom is -0.386 e. The van der Waals surface area contributed by atoms with Gasteiger partial charge in [-0.25, -0.2) is 0 Å². The van der Waals surface area contributed by atoms with Crippen LogP contribution in [0.15, 0.2) is 29.3 Å². The average molecular weight is 390 g/mol. The van der Waals surface area contributed by atoms with E-state index in [-0.39, 0.29) is 5.41 Å². The predicted molar refractivity (Wildman–Crippen MR) is 118 cm³/mol. The molecule has 2 rings (SSSR count). The molecule has 0 aliphatic carbocycles. The highest BCUT2D eigenvalue weighted by atomic mass is 16.3. The number of aliphatic hydroxyl groups excluding tert-OH is 1. The standard InChI is InChI=1S/C22H39N5O/c1-7-23-21(24-14-19-16-26(5)12-13-27(19)6)25-15-20(28)17-8-10-18(11-9-17)22(2,3)4/h8-11,19-20,28H,7,12-16H2,1-6H3,(H2,23,24,25). The van der Waals surface area contributed by atoms with Gasteiger partial charge in [0.25, 0.3) is 0 Å². The number of hydrogen-bond acceptors (Lipinski definition) is 4. The van der Waals surface area contributed by atoms with E-state index in [0.717, 1.165) is 44.2 Å². The molecule has 2 unspecified atom stereocenters. The Hall–Kier alpha value is -1.63. The molecule has 2 atom stereocenters. The number of likely N-dealkylation sites (N-methyl/N-ethyl adjacent to an activating group) is 2. The monoisotopic (exact) mass is 389 g/mol. The number of rotatable bonds is 6. The number of hydrogen-bond donors (Lipinski definition) is 3. The molecule has 28 heavy (non-hydrogen) atoms. The third-order valence-corrected chi connectivity index (χ3v) is 5.41. The van der Waals surface area contributed by atoms with Gasteiger partial charge < -0.3 is 20.6 Å². The second kappa shape index (κ2) is 10.2. The lowest BCUT2D eigenvalue weighted by atomic mass is 9.86. The zero-order chi connectivity index (χ0) is 20.7. The molecule has 3 N–H and O–H groups in total. The van der Waals surface area contributed by atoms with Crippen LogP contribution >= 0.6 is 0 Å². The Bertz CT molecular complexity index is 623. The van der Waals surface area contributed by atoms with E-state index in [9.17, 15) is 5.11 Å². The first kappa shape index (κ1) is 22.7. The van der Waals surface area contributed by atoms with E-state index in [0.29, 0.717) is 12.6 Å². The highest BCUT2D eigenvalue weighted by Crippen LogP contribution is 2.24. The minimum atomic E-state index is -0.604. The van der Waals surface area contributed by atoms with Gasteiger partial charge >= 0.3 is 0 Å². The summed E-state index contributed by atoms with van der Waals surface area (Å²) in [5.74, 6) is 0.759. The number of nitrogens with one attached hydrogen (secondary N) is 2. The fourth-order valence-corrected chi connectivity index (χ4v) is 3.37. The summed E-state index contributed by atoms with van der Waals surface area (Å²) < 4.78 is 0. The van der Waals surface area contributed by atoms with Crippen molar-refractivity contribution in [3.8, 4) is 0 Å². The van der Waals surface area contributed by atoms with E-state index >= 15 is 0 Å². The first-order valence-corrected chi connectivity index (χ1v) is 10.4. The Balaban J connectivity index is 1.93. The molecule has 6 heteroatoms. The van der Waals surface area contributed by atoms with Gasteiger partial charge in [0.2, 0.25) is 0 Å². The Morgan fingerprint density at radius 2 is 1.86 bits per heavy atom. The molecule has 0 amide bonds. The summed E-state index contributed by atoms with van der Waals surface area (Å²) in [5, 5.41) is 17.3. The molecule has 158 valence electrons. The molecule has 1 aliphatic heterocycles. The molecular formula is C22H39N5O. The number of aliphatic hydroxyl groups is 1. The average Bonchev–Trinajstić information content (AvgIpc) is 2.65. The van der Waals surface area contributed by atoms with Gasteiger partial charge in [-0.3, -0.25) is 9.89 Å². The summed E-state index contributed by atoms with van der Waals surface area (Å²) >= 11 is 0. The fourth-order valence-electron chi connectivity index (χ4n) is 3.37. The van der Waals surface area contributed by atoms with Crippen LogP contribution in [0, 0.1) is 0 Å². The van der Waals surface area contributed by atoms with Crippen LogP contribution in [0.25, 0.3) is 0 Å². The quantitative estimate of drug-likeness (QED) is 0.512. The van der Waals surface area contributed by atoms with Crippen molar-refractivity contribution in [2.24, 2.45) is 4.99 Å². The van der Waals surface area contributed by atoms with Crippen molar-refractivity contribution < 1.29 is 5.11 Å². The third-order valence-electron chi connectivity index (χ3n) is 5.41. The molecule has 0 spiro atoms. The molecule has 0 radical (unpaired) electrons. The van der Waals surface area contributed by atoms with E-state index < -0.39 is 6.10 Å². The SMILES string of the molecule is CCNC(=NCC(O)c1ccc(C(C)(C)C)cc1)NCC1CN(C)CCN1C. The maximum absolute atomic E-state index is 10.5. The largest absolute Gasteiger partial charge is 0.386 e. The first-order chi connectivity index (χ1) is 13.2. The van der Waals surface area contributed by atoms with Crippen LogP contribution in [0.5, 0.6) is 0 Å². The summed E-state index contributed by atoms with van der Waals surface area (Å²) in [6.45, 7) is 13.8. The number of nitrogens with zero attached hydrogens (tertiary/aromatic N) is 3. The van der Waals surface area contributed by atoms with Gasteiger partial charge in [0.1, 0.15) is 0 Å². The number of aliphatic imine (C=N–C) groups is 1. The van der Waals surface area contributed by atoms with Crippen molar-refractivity contribution in [3.05, 3.63) is 35.4 Å². The summed E-state index contributed by atoms with van der Waals surface area (Å²) in [5.41, 5.74) is 2.29. The summed E-state index contributed by atoms with van der Waals surface area (Å²) in [6, 6.07) is 8.67. The lowest BCUT2D eigenvalue weighted by Gasteiger charge is -2.37. The second-order valence-corrected chi connectivity index (χ2v) is 8.89. The highest BCUT2D eigenvalue weighted by molar-refractivity contribution is 5.79. The van der Waals surface area contributed by atoms with Crippen LogP contribution in [0.4, 0.5) is 0 Å². The predicted octanol–water partition coefficient (Wildman–Crippen LogP) is 1.82. The number of piperazine rings is 1. The van der Waals surface area contributed by atoms with E-state index in [4.69, 9.17) is 0 Å². The molecule has 1 heterocycles. The van der Waals surface area contributed by atoms with Crippen molar-refractivity contribution in [1.29, 1.82) is 0 Å². The maximum atomic E-state index is 10.5. The van der Waals surface area contributed by atoms with Crippen molar-refractivity contribution in [2.45, 2.75) is 45.3 Å². The lowest BCUT2D eigenvalue weighted by molar-refractivity contribution is 0.116. The molecular weight excluding hydrogens is 350 g/mol. The second-order valence-electron chi connectivity index (χ2n) is 8.89. The normalized spacial score (nSPS) is 20.8. The summed E-state index contributed by atoms with van der Waals surface area (Å²) in [4.78, 5) is 9.36. The van der Waals surface area contributed by atoms with E-state index in [2.05, 4.69) is 79.3 Å². The molecule has 1 aromatic rings. The third kappa shape index (κ3) is 6.76.